The first-order chi connectivity index (χ1) is 13.7. The van der Waals surface area contributed by atoms with Crippen LogP contribution in [-0.2, 0) is 6.54 Å². The normalized spacial score (nSPS) is 11.7. The highest BCUT2D eigenvalue weighted by atomic mass is 16.1. The number of aryl methyl sites for hydroxylation is 1. The first kappa shape index (κ1) is 18.4. The van der Waals surface area contributed by atoms with Crippen molar-refractivity contribution in [2.75, 3.05) is 19.6 Å². The molecule has 5 nitrogen and oxygen atoms in total. The molecule has 0 atom stereocenters. The lowest BCUT2D eigenvalue weighted by molar-refractivity contribution is 0.290. The maximum absolute atomic E-state index is 13.4. The molecule has 0 bridgehead atoms. The van der Waals surface area contributed by atoms with Gasteiger partial charge >= 0.3 is 0 Å². The number of benzene rings is 2. The smallest absolute Gasteiger partial charge is 0.260 e. The molecule has 2 aromatic heterocycles. The van der Waals surface area contributed by atoms with E-state index >= 15 is 0 Å². The fourth-order valence-corrected chi connectivity index (χ4v) is 3.95. The summed E-state index contributed by atoms with van der Waals surface area (Å²) >= 11 is 0. The van der Waals surface area contributed by atoms with Crippen LogP contribution in [0.1, 0.15) is 19.5 Å². The summed E-state index contributed by atoms with van der Waals surface area (Å²) in [5.41, 5.74) is 2.82. The number of fused-ring (bicyclic) bond motifs is 3. The second kappa shape index (κ2) is 7.60. The van der Waals surface area contributed by atoms with Gasteiger partial charge in [-0.2, -0.15) is 5.10 Å². The van der Waals surface area contributed by atoms with E-state index in [1.807, 2.05) is 70.8 Å². The summed E-state index contributed by atoms with van der Waals surface area (Å²) in [5.74, 6) is 0. The van der Waals surface area contributed by atoms with Gasteiger partial charge in [-0.1, -0.05) is 50.2 Å². The first-order valence-electron chi connectivity index (χ1n) is 9.94. The zero-order valence-corrected chi connectivity index (χ0v) is 16.7. The molecule has 4 rings (SSSR count). The highest BCUT2D eigenvalue weighted by Gasteiger charge is 2.19. The van der Waals surface area contributed by atoms with Gasteiger partial charge in [-0.15, -0.1) is 0 Å². The van der Waals surface area contributed by atoms with Crippen LogP contribution >= 0.6 is 0 Å². The molecule has 0 radical (unpaired) electrons. The van der Waals surface area contributed by atoms with Crippen LogP contribution in [0.15, 0.2) is 59.4 Å². The van der Waals surface area contributed by atoms with Crippen molar-refractivity contribution in [1.82, 2.24) is 19.2 Å². The van der Waals surface area contributed by atoms with E-state index < -0.39 is 0 Å². The predicted octanol–water partition coefficient (Wildman–Crippen LogP) is 3.99. The second-order valence-electron chi connectivity index (χ2n) is 7.06. The molecule has 0 saturated carbocycles. The summed E-state index contributed by atoms with van der Waals surface area (Å²) in [6, 6.07) is 17.9. The third-order valence-electron chi connectivity index (χ3n) is 5.50. The summed E-state index contributed by atoms with van der Waals surface area (Å²) < 4.78 is 3.82. The molecule has 4 aromatic rings. The van der Waals surface area contributed by atoms with Crippen LogP contribution in [0.25, 0.3) is 27.5 Å². The largest absolute Gasteiger partial charge is 0.302 e. The van der Waals surface area contributed by atoms with Crippen LogP contribution in [0, 0.1) is 6.92 Å². The summed E-state index contributed by atoms with van der Waals surface area (Å²) in [7, 11) is 0. The van der Waals surface area contributed by atoms with E-state index in [0.29, 0.717) is 6.54 Å². The highest BCUT2D eigenvalue weighted by molar-refractivity contribution is 6.06. The predicted molar refractivity (Wildman–Crippen MR) is 115 cm³/mol. The molecule has 0 amide bonds. The van der Waals surface area contributed by atoms with Gasteiger partial charge in [0.1, 0.15) is 5.65 Å². The van der Waals surface area contributed by atoms with Gasteiger partial charge in [-0.25, -0.2) is 4.68 Å². The monoisotopic (exact) mass is 374 g/mol. The number of hydrogen-bond acceptors (Lipinski definition) is 3. The Morgan fingerprint density at radius 1 is 0.929 bits per heavy atom. The zero-order valence-electron chi connectivity index (χ0n) is 16.7. The van der Waals surface area contributed by atoms with Crippen LogP contribution in [0.4, 0.5) is 0 Å². The molecule has 0 spiro atoms. The number of nitrogens with zero attached hydrogens (tertiary/aromatic N) is 4. The lowest BCUT2D eigenvalue weighted by Crippen LogP contribution is -2.31. The van der Waals surface area contributed by atoms with Crippen molar-refractivity contribution in [2.45, 2.75) is 27.3 Å². The number of rotatable bonds is 6. The topological polar surface area (TPSA) is 43.1 Å². The molecule has 2 heterocycles. The minimum absolute atomic E-state index is 0.0485. The third kappa shape index (κ3) is 3.02. The van der Waals surface area contributed by atoms with Crippen LogP contribution in [0.2, 0.25) is 0 Å². The third-order valence-corrected chi connectivity index (χ3v) is 5.50. The summed E-state index contributed by atoms with van der Waals surface area (Å²) in [5, 5.41) is 7.61. The molecule has 144 valence electrons. The van der Waals surface area contributed by atoms with Gasteiger partial charge in [0.2, 0.25) is 0 Å². The number of para-hydroxylation sites is 1. The van der Waals surface area contributed by atoms with Gasteiger partial charge in [-0.05, 0) is 38.2 Å². The highest BCUT2D eigenvalue weighted by Crippen LogP contribution is 2.27. The first-order valence-corrected chi connectivity index (χ1v) is 9.94. The summed E-state index contributed by atoms with van der Waals surface area (Å²) in [6.45, 7) is 9.74. The molecule has 0 aliphatic rings. The minimum atomic E-state index is 0.0485. The van der Waals surface area contributed by atoms with E-state index in [1.54, 1.807) is 0 Å². The fourth-order valence-electron chi connectivity index (χ4n) is 3.95. The zero-order chi connectivity index (χ0) is 19.7. The standard InChI is InChI=1S/C23H26N4O/c1-4-25(5-2)15-16-26-22-21(19-13-9-10-14-20(19)23(26)28)17(3)24-27(22)18-11-7-6-8-12-18/h6-14H,4-5,15-16H2,1-3H3. The van der Waals surface area contributed by atoms with E-state index in [1.165, 1.54) is 0 Å². The lowest BCUT2D eigenvalue weighted by Gasteiger charge is -2.20. The Kier molecular flexibility index (Phi) is 5.01. The second-order valence-corrected chi connectivity index (χ2v) is 7.06. The average molecular weight is 374 g/mol. The minimum Gasteiger partial charge on any atom is -0.302 e. The van der Waals surface area contributed by atoms with Crippen molar-refractivity contribution in [2.24, 2.45) is 0 Å². The van der Waals surface area contributed by atoms with Crippen molar-refractivity contribution in [3.8, 4) is 5.69 Å². The number of aromatic nitrogens is 3. The summed E-state index contributed by atoms with van der Waals surface area (Å²) in [6.07, 6.45) is 0. The van der Waals surface area contributed by atoms with E-state index in [2.05, 4.69) is 18.7 Å². The molecule has 0 saturated heterocycles. The van der Waals surface area contributed by atoms with Crippen LogP contribution in [0.5, 0.6) is 0 Å². The Morgan fingerprint density at radius 2 is 1.57 bits per heavy atom. The molecular weight excluding hydrogens is 348 g/mol. The molecule has 0 unspecified atom stereocenters. The maximum Gasteiger partial charge on any atom is 0.260 e. The van der Waals surface area contributed by atoms with Gasteiger partial charge in [0.15, 0.2) is 0 Å². The Balaban J connectivity index is 2.04. The molecule has 0 N–H and O–H groups in total. The van der Waals surface area contributed by atoms with Crippen molar-refractivity contribution in [3.63, 3.8) is 0 Å². The van der Waals surface area contributed by atoms with Crippen LogP contribution in [-0.4, -0.2) is 38.9 Å². The van der Waals surface area contributed by atoms with Crippen molar-refractivity contribution < 1.29 is 0 Å². The maximum atomic E-state index is 13.4. The van der Waals surface area contributed by atoms with Crippen molar-refractivity contribution in [3.05, 3.63) is 70.6 Å². The molecule has 28 heavy (non-hydrogen) atoms. The van der Waals surface area contributed by atoms with Gasteiger partial charge in [0.05, 0.1) is 11.4 Å². The Hall–Kier alpha value is -2.92. The van der Waals surface area contributed by atoms with E-state index in [-0.39, 0.29) is 5.56 Å². The van der Waals surface area contributed by atoms with Gasteiger partial charge in [-0.3, -0.25) is 9.36 Å². The van der Waals surface area contributed by atoms with Crippen molar-refractivity contribution in [1.29, 1.82) is 0 Å². The summed E-state index contributed by atoms with van der Waals surface area (Å²) in [4.78, 5) is 15.8. The van der Waals surface area contributed by atoms with E-state index in [9.17, 15) is 4.79 Å². The molecular formula is C23H26N4O. The lowest BCUT2D eigenvalue weighted by atomic mass is 10.1. The van der Waals surface area contributed by atoms with Gasteiger partial charge in [0.25, 0.3) is 5.56 Å². The van der Waals surface area contributed by atoms with Crippen molar-refractivity contribution >= 4 is 21.8 Å². The van der Waals surface area contributed by atoms with E-state index in [0.717, 1.165) is 52.8 Å². The molecule has 2 aromatic carbocycles. The Bertz CT molecular complexity index is 1170. The fraction of sp³-hybridized carbons (Fsp3) is 0.304. The molecule has 0 fully saturated rings. The van der Waals surface area contributed by atoms with Gasteiger partial charge < -0.3 is 4.90 Å². The number of likely N-dealkylation sites (N-methyl/N-ethyl adjacent to an activating group) is 1. The van der Waals surface area contributed by atoms with E-state index in [4.69, 9.17) is 5.10 Å². The van der Waals surface area contributed by atoms with Crippen LogP contribution < -0.4 is 5.56 Å². The molecule has 0 aliphatic heterocycles. The molecule has 0 aliphatic carbocycles. The Morgan fingerprint density at radius 3 is 2.25 bits per heavy atom. The SMILES string of the molecule is CCN(CC)CCn1c(=O)c2ccccc2c2c(C)nn(-c3ccccc3)c21. The average Bonchev–Trinajstić information content (AvgIpc) is 3.08. The Labute approximate surface area is 164 Å². The number of pyridine rings is 1. The molecule has 5 heteroatoms. The quantitative estimate of drug-likeness (QED) is 0.512. The van der Waals surface area contributed by atoms with Crippen LogP contribution in [0.3, 0.4) is 0 Å². The van der Waals surface area contributed by atoms with Gasteiger partial charge in [0, 0.05) is 29.2 Å². The number of hydrogen-bond donors (Lipinski definition) is 0.